The summed E-state index contributed by atoms with van der Waals surface area (Å²) >= 11 is 0. The van der Waals surface area contributed by atoms with Crippen molar-refractivity contribution < 1.29 is 13.9 Å². The van der Waals surface area contributed by atoms with Gasteiger partial charge < -0.3 is 13.9 Å². The molecular formula is C22H24N2O3. The molecular weight excluding hydrogens is 340 g/mol. The summed E-state index contributed by atoms with van der Waals surface area (Å²) in [4.78, 5) is 0. The molecule has 27 heavy (non-hydrogen) atoms. The molecule has 4 rings (SSSR count). The van der Waals surface area contributed by atoms with Crippen molar-refractivity contribution >= 4 is 0 Å². The number of aromatic nitrogens is 2. The fourth-order valence-corrected chi connectivity index (χ4v) is 3.58. The van der Waals surface area contributed by atoms with Gasteiger partial charge in [0.05, 0.1) is 7.11 Å². The fourth-order valence-electron chi connectivity index (χ4n) is 3.58. The van der Waals surface area contributed by atoms with E-state index in [9.17, 15) is 0 Å². The number of hydrogen-bond donors (Lipinski definition) is 0. The van der Waals surface area contributed by atoms with Crippen LogP contribution in [-0.4, -0.2) is 17.3 Å². The van der Waals surface area contributed by atoms with Crippen LogP contribution in [0, 0.1) is 0 Å². The summed E-state index contributed by atoms with van der Waals surface area (Å²) in [6, 6.07) is 15.9. The van der Waals surface area contributed by atoms with Crippen molar-refractivity contribution in [1.82, 2.24) is 10.2 Å². The van der Waals surface area contributed by atoms with Crippen molar-refractivity contribution in [3.8, 4) is 23.0 Å². The third-order valence-corrected chi connectivity index (χ3v) is 5.12. The third-order valence-electron chi connectivity index (χ3n) is 5.12. The molecule has 0 atom stereocenters. The number of rotatable bonds is 6. The first-order valence-corrected chi connectivity index (χ1v) is 9.51. The van der Waals surface area contributed by atoms with Crippen LogP contribution in [0.1, 0.15) is 49.5 Å². The molecule has 1 aliphatic rings. The first-order valence-electron chi connectivity index (χ1n) is 9.51. The highest BCUT2D eigenvalue weighted by molar-refractivity contribution is 5.53. The lowest BCUT2D eigenvalue weighted by molar-refractivity contribution is 0.264. The molecule has 0 aliphatic heterocycles. The van der Waals surface area contributed by atoms with E-state index in [0.717, 1.165) is 17.1 Å². The number of benzene rings is 2. The van der Waals surface area contributed by atoms with E-state index in [-0.39, 0.29) is 6.61 Å². The lowest BCUT2D eigenvalue weighted by atomic mass is 9.84. The van der Waals surface area contributed by atoms with Gasteiger partial charge in [0.15, 0.2) is 6.61 Å². The van der Waals surface area contributed by atoms with E-state index in [1.807, 2.05) is 36.4 Å². The number of hydrogen-bond acceptors (Lipinski definition) is 5. The highest BCUT2D eigenvalue weighted by Gasteiger charge is 2.15. The van der Waals surface area contributed by atoms with Crippen molar-refractivity contribution in [2.45, 2.75) is 44.6 Å². The van der Waals surface area contributed by atoms with Crippen LogP contribution < -0.4 is 9.47 Å². The van der Waals surface area contributed by atoms with Crippen molar-refractivity contribution in [2.24, 2.45) is 0 Å². The van der Waals surface area contributed by atoms with E-state index in [1.54, 1.807) is 7.11 Å². The zero-order valence-corrected chi connectivity index (χ0v) is 15.6. The van der Waals surface area contributed by atoms with Crippen LogP contribution in [0.25, 0.3) is 11.5 Å². The molecule has 1 saturated carbocycles. The molecule has 1 aliphatic carbocycles. The minimum absolute atomic E-state index is 0.256. The van der Waals surface area contributed by atoms with E-state index in [4.69, 9.17) is 13.9 Å². The monoisotopic (exact) mass is 364 g/mol. The Morgan fingerprint density at radius 3 is 2.30 bits per heavy atom. The molecule has 0 saturated heterocycles. The summed E-state index contributed by atoms with van der Waals surface area (Å²) in [6.07, 6.45) is 6.67. The predicted molar refractivity (Wildman–Crippen MR) is 103 cm³/mol. The Bertz CT molecular complexity index is 850. The molecule has 0 radical (unpaired) electrons. The summed E-state index contributed by atoms with van der Waals surface area (Å²) in [5, 5.41) is 8.16. The van der Waals surface area contributed by atoms with Gasteiger partial charge in [-0.2, -0.15) is 0 Å². The van der Waals surface area contributed by atoms with E-state index in [0.29, 0.717) is 17.7 Å². The van der Waals surface area contributed by atoms with Gasteiger partial charge in [-0.05, 0) is 60.7 Å². The summed E-state index contributed by atoms with van der Waals surface area (Å²) in [6.45, 7) is 0.256. The van der Waals surface area contributed by atoms with Gasteiger partial charge in [0.1, 0.15) is 11.5 Å². The Morgan fingerprint density at radius 1 is 0.889 bits per heavy atom. The third kappa shape index (κ3) is 4.30. The van der Waals surface area contributed by atoms with Gasteiger partial charge in [-0.1, -0.05) is 31.4 Å². The average molecular weight is 364 g/mol. The van der Waals surface area contributed by atoms with E-state index in [2.05, 4.69) is 22.3 Å². The molecule has 0 N–H and O–H groups in total. The van der Waals surface area contributed by atoms with E-state index < -0.39 is 0 Å². The highest BCUT2D eigenvalue weighted by atomic mass is 16.5. The van der Waals surface area contributed by atoms with E-state index >= 15 is 0 Å². The van der Waals surface area contributed by atoms with Crippen LogP contribution in [0.5, 0.6) is 11.5 Å². The zero-order valence-electron chi connectivity index (χ0n) is 15.6. The number of ether oxygens (including phenoxy) is 2. The SMILES string of the molecule is COc1ccc(-c2nnc(COc3ccc(C4CCCCC4)cc3)o2)cc1. The Kier molecular flexibility index (Phi) is 5.37. The van der Waals surface area contributed by atoms with Crippen molar-refractivity contribution in [3.63, 3.8) is 0 Å². The Hall–Kier alpha value is -2.82. The molecule has 2 aromatic carbocycles. The van der Waals surface area contributed by atoms with Crippen molar-refractivity contribution in [1.29, 1.82) is 0 Å². The second-order valence-corrected chi connectivity index (χ2v) is 6.92. The minimum Gasteiger partial charge on any atom is -0.497 e. The standard InChI is InChI=1S/C22H24N2O3/c1-25-19-11-9-18(10-12-19)22-24-23-21(27-22)15-26-20-13-7-17(8-14-20)16-5-3-2-4-6-16/h7-14,16H,2-6,15H2,1H3. The highest BCUT2D eigenvalue weighted by Crippen LogP contribution is 2.33. The van der Waals surface area contributed by atoms with Crippen LogP contribution in [0.15, 0.2) is 52.9 Å². The maximum absolute atomic E-state index is 5.80. The maximum Gasteiger partial charge on any atom is 0.254 e. The second-order valence-electron chi connectivity index (χ2n) is 6.92. The smallest absolute Gasteiger partial charge is 0.254 e. The molecule has 0 spiro atoms. The molecule has 3 aromatic rings. The zero-order chi connectivity index (χ0) is 18.5. The predicted octanol–water partition coefficient (Wildman–Crippen LogP) is 5.37. The normalized spacial score (nSPS) is 14.9. The lowest BCUT2D eigenvalue weighted by Gasteiger charge is -2.22. The number of methoxy groups -OCH3 is 1. The first kappa shape index (κ1) is 17.6. The second kappa shape index (κ2) is 8.25. The Labute approximate surface area is 159 Å². The summed E-state index contributed by atoms with van der Waals surface area (Å²) in [7, 11) is 1.64. The molecule has 5 heteroatoms. The van der Waals surface area contributed by atoms with Gasteiger partial charge in [0.25, 0.3) is 5.89 Å². The molecule has 1 aromatic heterocycles. The molecule has 0 bridgehead atoms. The molecule has 140 valence electrons. The Morgan fingerprint density at radius 2 is 1.59 bits per heavy atom. The molecule has 5 nitrogen and oxygen atoms in total. The lowest BCUT2D eigenvalue weighted by Crippen LogP contribution is -2.04. The summed E-state index contributed by atoms with van der Waals surface area (Å²) in [5.74, 6) is 3.24. The summed E-state index contributed by atoms with van der Waals surface area (Å²) < 4.78 is 16.7. The van der Waals surface area contributed by atoms with Gasteiger partial charge in [-0.15, -0.1) is 10.2 Å². The van der Waals surface area contributed by atoms with Crippen LogP contribution >= 0.6 is 0 Å². The maximum atomic E-state index is 5.80. The number of nitrogens with zero attached hydrogens (tertiary/aromatic N) is 2. The van der Waals surface area contributed by atoms with Gasteiger partial charge in [-0.25, -0.2) is 0 Å². The van der Waals surface area contributed by atoms with Gasteiger partial charge in [0.2, 0.25) is 5.89 Å². The first-order chi connectivity index (χ1) is 13.3. The minimum atomic E-state index is 0.256. The van der Waals surface area contributed by atoms with Crippen molar-refractivity contribution in [2.75, 3.05) is 7.11 Å². The largest absolute Gasteiger partial charge is 0.497 e. The van der Waals surface area contributed by atoms with Crippen LogP contribution in [0.3, 0.4) is 0 Å². The topological polar surface area (TPSA) is 57.4 Å². The van der Waals surface area contributed by atoms with Crippen LogP contribution in [-0.2, 0) is 6.61 Å². The molecule has 1 fully saturated rings. The Balaban J connectivity index is 1.35. The molecule has 0 unspecified atom stereocenters. The van der Waals surface area contributed by atoms with Gasteiger partial charge in [-0.3, -0.25) is 0 Å². The van der Waals surface area contributed by atoms with Crippen LogP contribution in [0.2, 0.25) is 0 Å². The molecule has 1 heterocycles. The molecule has 0 amide bonds. The van der Waals surface area contributed by atoms with Crippen LogP contribution in [0.4, 0.5) is 0 Å². The fraction of sp³-hybridized carbons (Fsp3) is 0.364. The summed E-state index contributed by atoms with van der Waals surface area (Å²) in [5.41, 5.74) is 2.27. The van der Waals surface area contributed by atoms with E-state index in [1.165, 1.54) is 37.7 Å². The van der Waals surface area contributed by atoms with Gasteiger partial charge >= 0.3 is 0 Å². The van der Waals surface area contributed by atoms with Gasteiger partial charge in [0, 0.05) is 5.56 Å². The quantitative estimate of drug-likeness (QED) is 0.588. The average Bonchev–Trinajstić information content (AvgIpc) is 3.22. The van der Waals surface area contributed by atoms with Crippen molar-refractivity contribution in [3.05, 3.63) is 60.0 Å².